The molecule has 21 heavy (non-hydrogen) atoms. The van der Waals surface area contributed by atoms with E-state index >= 15 is 0 Å². The fourth-order valence-corrected chi connectivity index (χ4v) is 2.15. The van der Waals surface area contributed by atoms with Gasteiger partial charge in [-0.3, -0.25) is 0 Å². The number of benzene rings is 2. The second kappa shape index (κ2) is 6.14. The van der Waals surface area contributed by atoms with E-state index in [0.29, 0.717) is 16.8 Å². The maximum atomic E-state index is 13.0. The molecular formula is C16H15ClFNO2. The Morgan fingerprint density at radius 1 is 1.24 bits per heavy atom. The molecule has 0 unspecified atom stereocenters. The number of halogens is 2. The van der Waals surface area contributed by atoms with Crippen LogP contribution in [0.25, 0.3) is 0 Å². The molecule has 0 aliphatic rings. The molecule has 0 saturated carbocycles. The molecule has 0 saturated heterocycles. The number of aryl methyl sites for hydroxylation is 2. The molecule has 0 heterocycles. The summed E-state index contributed by atoms with van der Waals surface area (Å²) in [5.41, 5.74) is 9.09. The van der Waals surface area contributed by atoms with E-state index in [1.807, 2.05) is 19.9 Å². The molecule has 0 atom stereocenters. The number of rotatable bonds is 3. The zero-order chi connectivity index (χ0) is 15.6. The highest BCUT2D eigenvalue weighted by molar-refractivity contribution is 6.30. The van der Waals surface area contributed by atoms with E-state index in [1.165, 1.54) is 18.2 Å². The van der Waals surface area contributed by atoms with Gasteiger partial charge in [-0.1, -0.05) is 23.7 Å². The molecule has 0 aromatic heterocycles. The monoisotopic (exact) mass is 307 g/mol. The van der Waals surface area contributed by atoms with E-state index in [1.54, 1.807) is 6.07 Å². The van der Waals surface area contributed by atoms with Crippen molar-refractivity contribution in [1.82, 2.24) is 0 Å². The largest absolute Gasteiger partial charge is 0.457 e. The van der Waals surface area contributed by atoms with Gasteiger partial charge in [0.1, 0.15) is 12.4 Å². The minimum atomic E-state index is -0.506. The van der Waals surface area contributed by atoms with E-state index in [2.05, 4.69) is 0 Å². The quantitative estimate of drug-likeness (QED) is 0.688. The number of esters is 1. The lowest BCUT2D eigenvalue weighted by Gasteiger charge is -2.10. The van der Waals surface area contributed by atoms with Crippen LogP contribution in [0.2, 0.25) is 5.02 Å². The molecule has 0 aliphatic carbocycles. The summed E-state index contributed by atoms with van der Waals surface area (Å²) < 4.78 is 18.3. The summed E-state index contributed by atoms with van der Waals surface area (Å²) in [4.78, 5) is 12.1. The first-order valence-electron chi connectivity index (χ1n) is 6.36. The normalized spacial score (nSPS) is 10.5. The first kappa shape index (κ1) is 15.3. The van der Waals surface area contributed by atoms with Crippen LogP contribution < -0.4 is 5.73 Å². The third-order valence-electron chi connectivity index (χ3n) is 3.19. The van der Waals surface area contributed by atoms with Crippen LogP contribution in [-0.4, -0.2) is 5.97 Å². The third kappa shape index (κ3) is 3.52. The van der Waals surface area contributed by atoms with Gasteiger partial charge in [0.05, 0.1) is 10.6 Å². The van der Waals surface area contributed by atoms with E-state index in [4.69, 9.17) is 22.1 Å². The Morgan fingerprint density at radius 3 is 2.62 bits per heavy atom. The molecule has 110 valence electrons. The molecule has 0 bridgehead atoms. The van der Waals surface area contributed by atoms with Gasteiger partial charge in [0.25, 0.3) is 0 Å². The lowest BCUT2D eigenvalue weighted by atomic mass is 10.0. The van der Waals surface area contributed by atoms with Crippen molar-refractivity contribution in [3.63, 3.8) is 0 Å². The minimum Gasteiger partial charge on any atom is -0.457 e. The summed E-state index contributed by atoms with van der Waals surface area (Å²) in [6, 6.07) is 7.62. The number of nitrogens with two attached hydrogens (primary N) is 1. The number of carbonyl (C=O) groups is 1. The van der Waals surface area contributed by atoms with Crippen LogP contribution in [0.5, 0.6) is 0 Å². The molecule has 2 N–H and O–H groups in total. The first-order valence-corrected chi connectivity index (χ1v) is 6.74. The summed E-state index contributed by atoms with van der Waals surface area (Å²) in [5.74, 6) is -0.978. The number of anilines is 1. The molecule has 2 aromatic rings. The predicted octanol–water partition coefficient (Wildman–Crippen LogP) is 4.04. The molecule has 5 heteroatoms. The maximum absolute atomic E-state index is 13.0. The van der Waals surface area contributed by atoms with Crippen LogP contribution in [0.15, 0.2) is 30.3 Å². The second-order valence-corrected chi connectivity index (χ2v) is 5.26. The van der Waals surface area contributed by atoms with Crippen molar-refractivity contribution in [1.29, 1.82) is 0 Å². The number of nitrogen functional groups attached to an aromatic ring is 1. The topological polar surface area (TPSA) is 52.3 Å². The predicted molar refractivity (Wildman–Crippen MR) is 80.9 cm³/mol. The Bertz CT molecular complexity index is 701. The van der Waals surface area contributed by atoms with Crippen LogP contribution in [0.4, 0.5) is 10.1 Å². The Labute approximate surface area is 127 Å². The highest BCUT2D eigenvalue weighted by Crippen LogP contribution is 2.20. The van der Waals surface area contributed by atoms with Crippen molar-refractivity contribution in [2.24, 2.45) is 0 Å². The van der Waals surface area contributed by atoms with Crippen LogP contribution in [0, 0.1) is 19.7 Å². The lowest BCUT2D eigenvalue weighted by Crippen LogP contribution is -2.08. The van der Waals surface area contributed by atoms with Crippen molar-refractivity contribution < 1.29 is 13.9 Å². The fraction of sp³-hybridized carbons (Fsp3) is 0.188. The van der Waals surface area contributed by atoms with E-state index in [0.717, 1.165) is 11.1 Å². The molecule has 2 aromatic carbocycles. The average molecular weight is 308 g/mol. The number of hydrogen-bond acceptors (Lipinski definition) is 3. The van der Waals surface area contributed by atoms with E-state index in [9.17, 15) is 9.18 Å². The molecule has 0 radical (unpaired) electrons. The molecule has 0 amide bonds. The van der Waals surface area contributed by atoms with Crippen LogP contribution in [0.1, 0.15) is 27.0 Å². The Hall–Kier alpha value is -2.07. The standard InChI is InChI=1S/C16H15ClFNO2/c1-9-5-10(2)15(19)7-12(9)16(20)21-8-11-3-4-14(18)13(17)6-11/h3-7H,8,19H2,1-2H3. The average Bonchev–Trinajstić information content (AvgIpc) is 2.44. The van der Waals surface area contributed by atoms with E-state index in [-0.39, 0.29) is 11.6 Å². The van der Waals surface area contributed by atoms with E-state index < -0.39 is 11.8 Å². The zero-order valence-electron chi connectivity index (χ0n) is 11.7. The summed E-state index contributed by atoms with van der Waals surface area (Å²) in [6.45, 7) is 3.71. The van der Waals surface area contributed by atoms with Crippen molar-refractivity contribution in [2.45, 2.75) is 20.5 Å². The molecule has 0 fully saturated rings. The zero-order valence-corrected chi connectivity index (χ0v) is 12.5. The maximum Gasteiger partial charge on any atom is 0.338 e. The molecule has 0 spiro atoms. The minimum absolute atomic E-state index is 0.000639. The number of hydrogen-bond donors (Lipinski definition) is 1. The Kier molecular flexibility index (Phi) is 4.48. The summed E-state index contributed by atoms with van der Waals surface area (Å²) in [5, 5.41) is -0.000639. The van der Waals surface area contributed by atoms with Gasteiger partial charge in [-0.15, -0.1) is 0 Å². The second-order valence-electron chi connectivity index (χ2n) is 4.85. The van der Waals surface area contributed by atoms with Gasteiger partial charge in [-0.05, 0) is 48.7 Å². The van der Waals surface area contributed by atoms with Crippen LogP contribution >= 0.6 is 11.6 Å². The summed E-state index contributed by atoms with van der Waals surface area (Å²) in [7, 11) is 0. The first-order chi connectivity index (χ1) is 9.88. The number of carbonyl (C=O) groups excluding carboxylic acids is 1. The van der Waals surface area contributed by atoms with Gasteiger partial charge in [-0.25, -0.2) is 9.18 Å². The van der Waals surface area contributed by atoms with Gasteiger partial charge < -0.3 is 10.5 Å². The van der Waals surface area contributed by atoms with Gasteiger partial charge in [0, 0.05) is 5.69 Å². The molecule has 2 rings (SSSR count). The van der Waals surface area contributed by atoms with Crippen molar-refractivity contribution in [3.8, 4) is 0 Å². The number of ether oxygens (including phenoxy) is 1. The van der Waals surface area contributed by atoms with Gasteiger partial charge in [0.2, 0.25) is 0 Å². The van der Waals surface area contributed by atoms with Crippen molar-refractivity contribution in [3.05, 3.63) is 63.4 Å². The van der Waals surface area contributed by atoms with Crippen molar-refractivity contribution in [2.75, 3.05) is 5.73 Å². The highest BCUT2D eigenvalue weighted by Gasteiger charge is 2.13. The van der Waals surface area contributed by atoms with Crippen LogP contribution in [0.3, 0.4) is 0 Å². The smallest absolute Gasteiger partial charge is 0.338 e. The van der Waals surface area contributed by atoms with Gasteiger partial charge in [-0.2, -0.15) is 0 Å². The molecular weight excluding hydrogens is 293 g/mol. The summed E-state index contributed by atoms with van der Waals surface area (Å²) in [6.07, 6.45) is 0. The Balaban J connectivity index is 2.11. The molecule has 0 aliphatic heterocycles. The fourth-order valence-electron chi connectivity index (χ4n) is 1.94. The van der Waals surface area contributed by atoms with Gasteiger partial charge >= 0.3 is 5.97 Å². The lowest BCUT2D eigenvalue weighted by molar-refractivity contribution is 0.0472. The SMILES string of the molecule is Cc1cc(C)c(C(=O)OCc2ccc(F)c(Cl)c2)cc1N. The molecule has 3 nitrogen and oxygen atoms in total. The van der Waals surface area contributed by atoms with Gasteiger partial charge in [0.15, 0.2) is 0 Å². The Morgan fingerprint density at radius 2 is 1.95 bits per heavy atom. The van der Waals surface area contributed by atoms with Crippen LogP contribution in [-0.2, 0) is 11.3 Å². The highest BCUT2D eigenvalue weighted by atomic mass is 35.5. The van der Waals surface area contributed by atoms with Crippen molar-refractivity contribution >= 4 is 23.3 Å². The third-order valence-corrected chi connectivity index (χ3v) is 3.48. The summed E-state index contributed by atoms with van der Waals surface area (Å²) >= 11 is 5.68.